The summed E-state index contributed by atoms with van der Waals surface area (Å²) in [6.45, 7) is 7.21. The first kappa shape index (κ1) is 20.0. The number of nitrogens with zero attached hydrogens (tertiary/aromatic N) is 3. The van der Waals surface area contributed by atoms with Crippen LogP contribution in [0.25, 0.3) is 0 Å². The molecule has 1 amide bonds. The van der Waals surface area contributed by atoms with Gasteiger partial charge in [0.05, 0.1) is 17.8 Å². The molecule has 26 heavy (non-hydrogen) atoms. The maximum atomic E-state index is 13.6. The molecule has 2 heterocycles. The van der Waals surface area contributed by atoms with Crippen LogP contribution in [0.4, 0.5) is 0 Å². The van der Waals surface area contributed by atoms with Gasteiger partial charge in [-0.3, -0.25) is 4.79 Å². The Kier molecular flexibility index (Phi) is 6.26. The van der Waals surface area contributed by atoms with Crippen LogP contribution in [0.15, 0.2) is 0 Å². The standard InChI is InChI=1S/C18H33N3O4S/c1-3-19-9-11-20(12-10-19)17(22)18-7-5-4-6-16(18)21(13-14-25-2)26(23,24)15-8-18/h16H,3-15H2,1-2H3/t16-,18-/m1/s1. The number of carbonyl (C=O) groups is 1. The third-order valence-corrected chi connectivity index (χ3v) is 8.42. The van der Waals surface area contributed by atoms with Crippen LogP contribution >= 0.6 is 0 Å². The van der Waals surface area contributed by atoms with Gasteiger partial charge in [-0.05, 0) is 25.8 Å². The van der Waals surface area contributed by atoms with Crippen LogP contribution < -0.4 is 0 Å². The smallest absolute Gasteiger partial charge is 0.230 e. The third-order valence-electron chi connectivity index (χ3n) is 6.55. The SMILES string of the molecule is CCN1CCN(C(=O)[C@@]23CCCC[C@H]2N(CCOC)S(=O)(=O)CC3)CC1. The second-order valence-electron chi connectivity index (χ2n) is 7.81. The zero-order chi connectivity index (χ0) is 18.8. The summed E-state index contributed by atoms with van der Waals surface area (Å²) >= 11 is 0. The van der Waals surface area contributed by atoms with Crippen LogP contribution in [0, 0.1) is 5.41 Å². The summed E-state index contributed by atoms with van der Waals surface area (Å²) in [5, 5.41) is 0. The molecule has 150 valence electrons. The van der Waals surface area contributed by atoms with Crippen molar-refractivity contribution in [3.05, 3.63) is 0 Å². The number of amides is 1. The number of methoxy groups -OCH3 is 1. The molecule has 0 radical (unpaired) electrons. The van der Waals surface area contributed by atoms with Gasteiger partial charge >= 0.3 is 0 Å². The molecule has 0 aromatic carbocycles. The molecule has 3 rings (SSSR count). The number of likely N-dealkylation sites (N-methyl/N-ethyl adjacent to an activating group) is 1. The number of hydrogen-bond donors (Lipinski definition) is 0. The van der Waals surface area contributed by atoms with Crippen LogP contribution in [0.3, 0.4) is 0 Å². The summed E-state index contributed by atoms with van der Waals surface area (Å²) in [6, 6.07) is -0.207. The molecular weight excluding hydrogens is 354 g/mol. The Morgan fingerprint density at radius 1 is 1.15 bits per heavy atom. The second kappa shape index (κ2) is 8.12. The molecule has 0 bridgehead atoms. The van der Waals surface area contributed by atoms with Crippen molar-refractivity contribution in [1.82, 2.24) is 14.1 Å². The highest BCUT2D eigenvalue weighted by molar-refractivity contribution is 7.89. The Bertz CT molecular complexity index is 604. The highest BCUT2D eigenvalue weighted by Gasteiger charge is 2.56. The van der Waals surface area contributed by atoms with Gasteiger partial charge in [0, 0.05) is 45.9 Å². The monoisotopic (exact) mass is 387 g/mol. The van der Waals surface area contributed by atoms with Gasteiger partial charge < -0.3 is 14.5 Å². The molecule has 8 heteroatoms. The highest BCUT2D eigenvalue weighted by Crippen LogP contribution is 2.48. The summed E-state index contributed by atoms with van der Waals surface area (Å²) in [4.78, 5) is 17.9. The lowest BCUT2D eigenvalue weighted by molar-refractivity contribution is -0.151. The number of fused-ring (bicyclic) bond motifs is 1. The minimum atomic E-state index is -3.31. The van der Waals surface area contributed by atoms with Crippen molar-refractivity contribution in [2.45, 2.75) is 45.1 Å². The van der Waals surface area contributed by atoms with Crippen molar-refractivity contribution in [2.24, 2.45) is 5.41 Å². The first-order valence-electron chi connectivity index (χ1n) is 9.95. The molecule has 0 N–H and O–H groups in total. The largest absolute Gasteiger partial charge is 0.383 e. The van der Waals surface area contributed by atoms with Crippen molar-refractivity contribution < 1.29 is 17.9 Å². The van der Waals surface area contributed by atoms with E-state index >= 15 is 0 Å². The Hall–Kier alpha value is -0.700. The number of rotatable bonds is 5. The predicted molar refractivity (Wildman–Crippen MR) is 100 cm³/mol. The van der Waals surface area contributed by atoms with E-state index in [1.165, 1.54) is 0 Å². The topological polar surface area (TPSA) is 70.2 Å². The minimum Gasteiger partial charge on any atom is -0.383 e. The Morgan fingerprint density at radius 3 is 2.54 bits per heavy atom. The quantitative estimate of drug-likeness (QED) is 0.697. The van der Waals surface area contributed by atoms with Crippen LogP contribution in [0.1, 0.15) is 39.0 Å². The maximum absolute atomic E-state index is 13.6. The number of piperazine rings is 1. The van der Waals surface area contributed by atoms with Gasteiger partial charge in [0.2, 0.25) is 15.9 Å². The first-order valence-corrected chi connectivity index (χ1v) is 11.6. The highest BCUT2D eigenvalue weighted by atomic mass is 32.2. The summed E-state index contributed by atoms with van der Waals surface area (Å²) in [5.74, 6) is 0.267. The third kappa shape index (κ3) is 3.66. The average Bonchev–Trinajstić information content (AvgIpc) is 2.66. The van der Waals surface area contributed by atoms with Crippen LogP contribution in [-0.2, 0) is 19.6 Å². The van der Waals surface area contributed by atoms with Gasteiger partial charge in [-0.1, -0.05) is 19.8 Å². The maximum Gasteiger partial charge on any atom is 0.230 e. The molecule has 0 unspecified atom stereocenters. The fraction of sp³-hybridized carbons (Fsp3) is 0.944. The van der Waals surface area contributed by atoms with Crippen molar-refractivity contribution in [3.8, 4) is 0 Å². The van der Waals surface area contributed by atoms with E-state index in [9.17, 15) is 13.2 Å². The molecular formula is C18H33N3O4S. The van der Waals surface area contributed by atoms with Gasteiger partial charge in [0.25, 0.3) is 0 Å². The Balaban J connectivity index is 1.83. The number of carbonyl (C=O) groups excluding carboxylic acids is 1. The average molecular weight is 388 g/mol. The van der Waals surface area contributed by atoms with Crippen molar-refractivity contribution >= 4 is 15.9 Å². The zero-order valence-electron chi connectivity index (χ0n) is 16.2. The molecule has 2 saturated heterocycles. The lowest BCUT2D eigenvalue weighted by Crippen LogP contribution is -2.64. The summed E-state index contributed by atoms with van der Waals surface area (Å²) in [7, 11) is -1.72. The molecule has 3 aliphatic rings. The van der Waals surface area contributed by atoms with Crippen LogP contribution in [0.2, 0.25) is 0 Å². The molecule has 0 aromatic rings. The molecule has 2 aliphatic heterocycles. The lowest BCUT2D eigenvalue weighted by atomic mass is 9.67. The van der Waals surface area contributed by atoms with Crippen LogP contribution in [-0.4, -0.2) is 93.2 Å². The molecule has 0 aromatic heterocycles. The Labute approximate surface area is 157 Å². The van der Waals surface area contributed by atoms with Gasteiger partial charge in [-0.25, -0.2) is 8.42 Å². The molecule has 1 saturated carbocycles. The first-order chi connectivity index (χ1) is 12.4. The van der Waals surface area contributed by atoms with Crippen molar-refractivity contribution in [2.75, 3.05) is 58.7 Å². The van der Waals surface area contributed by atoms with E-state index in [2.05, 4.69) is 11.8 Å². The predicted octanol–water partition coefficient (Wildman–Crippen LogP) is 0.761. The van der Waals surface area contributed by atoms with E-state index in [0.29, 0.717) is 19.6 Å². The molecule has 2 atom stereocenters. The number of sulfonamides is 1. The van der Waals surface area contributed by atoms with E-state index in [1.807, 2.05) is 4.90 Å². The summed E-state index contributed by atoms with van der Waals surface area (Å²) in [6.07, 6.45) is 4.06. The number of hydrogen-bond acceptors (Lipinski definition) is 5. The molecule has 0 spiro atoms. The normalized spacial score (nSPS) is 33.0. The van der Waals surface area contributed by atoms with Crippen molar-refractivity contribution in [3.63, 3.8) is 0 Å². The van der Waals surface area contributed by atoms with Gasteiger partial charge in [0.1, 0.15) is 0 Å². The number of ether oxygens (including phenoxy) is 1. The van der Waals surface area contributed by atoms with E-state index < -0.39 is 15.4 Å². The molecule has 7 nitrogen and oxygen atoms in total. The zero-order valence-corrected chi connectivity index (χ0v) is 17.0. The fourth-order valence-electron chi connectivity index (χ4n) is 4.97. The van der Waals surface area contributed by atoms with Crippen molar-refractivity contribution in [1.29, 1.82) is 0 Å². The van der Waals surface area contributed by atoms with Gasteiger partial charge in [-0.15, -0.1) is 0 Å². The molecule has 3 fully saturated rings. The summed E-state index contributed by atoms with van der Waals surface area (Å²) in [5.41, 5.74) is -0.536. The lowest BCUT2D eigenvalue weighted by Gasteiger charge is -2.52. The Morgan fingerprint density at radius 2 is 1.88 bits per heavy atom. The minimum absolute atomic E-state index is 0.0773. The van der Waals surface area contributed by atoms with Gasteiger partial charge in [0.15, 0.2) is 0 Å². The molecule has 1 aliphatic carbocycles. The van der Waals surface area contributed by atoms with E-state index in [1.54, 1.807) is 11.4 Å². The van der Waals surface area contributed by atoms with Gasteiger partial charge in [-0.2, -0.15) is 4.31 Å². The fourth-order valence-corrected chi connectivity index (χ4v) is 6.87. The summed E-state index contributed by atoms with van der Waals surface area (Å²) < 4.78 is 32.1. The van der Waals surface area contributed by atoms with E-state index in [4.69, 9.17) is 4.74 Å². The van der Waals surface area contributed by atoms with E-state index in [0.717, 1.165) is 58.4 Å². The van der Waals surface area contributed by atoms with E-state index in [-0.39, 0.29) is 17.7 Å². The van der Waals surface area contributed by atoms with Crippen LogP contribution in [0.5, 0.6) is 0 Å². The second-order valence-corrected chi connectivity index (χ2v) is 9.85.